The number of hydrogen-bond donors (Lipinski definition) is 0. The van der Waals surface area contributed by atoms with Gasteiger partial charge in [0.2, 0.25) is 0 Å². The summed E-state index contributed by atoms with van der Waals surface area (Å²) < 4.78 is 0. The molecule has 0 saturated carbocycles. The molecular formula is C60H46. The van der Waals surface area contributed by atoms with Crippen LogP contribution in [0.25, 0.3) is 78.2 Å². The number of rotatable bonds is 0. The second-order valence-corrected chi connectivity index (χ2v) is 14.4. The Morgan fingerprint density at radius 2 is 0.300 bits per heavy atom. The molecule has 60 heavy (non-hydrogen) atoms. The zero-order chi connectivity index (χ0) is 40.6. The lowest BCUT2D eigenvalue weighted by atomic mass is 10.0. The quantitative estimate of drug-likeness (QED) is 0.144. The molecule has 0 spiro atoms. The van der Waals surface area contributed by atoms with Gasteiger partial charge >= 0.3 is 0 Å². The van der Waals surface area contributed by atoms with Crippen molar-refractivity contribution in [2.75, 3.05) is 0 Å². The van der Waals surface area contributed by atoms with Crippen molar-refractivity contribution in [2.24, 2.45) is 0 Å². The predicted molar refractivity (Wildman–Crippen MR) is 264 cm³/mol. The Balaban J connectivity index is 0.000000101. The maximum absolute atomic E-state index is 2.18. The molecule has 0 bridgehead atoms. The fourth-order valence-electron chi connectivity index (χ4n) is 7.50. The van der Waals surface area contributed by atoms with Crippen LogP contribution in [0.3, 0.4) is 0 Å². The normalized spacial score (nSPS) is 10.9. The lowest BCUT2D eigenvalue weighted by Crippen LogP contribution is -1.76. The largest absolute Gasteiger partial charge is 0.0623 e. The van der Waals surface area contributed by atoms with Crippen molar-refractivity contribution >= 4 is 78.2 Å². The van der Waals surface area contributed by atoms with Gasteiger partial charge in [0.05, 0.1) is 0 Å². The Morgan fingerprint density at radius 1 is 0.133 bits per heavy atom. The molecule has 0 amide bonds. The summed E-state index contributed by atoms with van der Waals surface area (Å²) in [7, 11) is 0. The van der Waals surface area contributed by atoms with E-state index in [1.807, 2.05) is 36.4 Å². The van der Waals surface area contributed by atoms with Crippen LogP contribution in [-0.4, -0.2) is 0 Å². The van der Waals surface area contributed by atoms with Gasteiger partial charge in [-0.2, -0.15) is 0 Å². The summed E-state index contributed by atoms with van der Waals surface area (Å²) in [5.74, 6) is 0. The van der Waals surface area contributed by atoms with Crippen molar-refractivity contribution < 1.29 is 0 Å². The SMILES string of the molecule is C1=Cc2cccc3cccc1c23.C1=Cc2cccc3cccc1c23.c1ccc2ccccc2c1.c1ccc2ccccc2c1.c1ccc2ccccc2c1.c1ccccc1. The van der Waals surface area contributed by atoms with Gasteiger partial charge in [-0.05, 0) is 76.1 Å². The zero-order valence-electron chi connectivity index (χ0n) is 33.6. The van der Waals surface area contributed by atoms with Gasteiger partial charge in [-0.1, -0.05) is 279 Å². The molecule has 0 N–H and O–H groups in total. The Labute approximate surface area is 353 Å². The van der Waals surface area contributed by atoms with Crippen LogP contribution in [0.5, 0.6) is 0 Å². The standard InChI is InChI=1S/2C12H8.3C10H8.C6H6/c2*1-3-9-4-2-6-11-8-7-10(5-1)12(9)11;3*1-2-6-10-8-4-3-7-9(10)5-1;1-2-4-6-5-3-1/h2*1-8H;3*1-8H;1-6H. The molecule has 0 aromatic heterocycles. The summed E-state index contributed by atoms with van der Waals surface area (Å²) in [6.07, 6.45) is 8.71. The first kappa shape index (κ1) is 39.0. The first-order valence-electron chi connectivity index (χ1n) is 20.5. The summed E-state index contributed by atoms with van der Waals surface area (Å²) >= 11 is 0. The zero-order valence-corrected chi connectivity index (χ0v) is 33.6. The van der Waals surface area contributed by atoms with E-state index in [-0.39, 0.29) is 0 Å². The summed E-state index contributed by atoms with van der Waals surface area (Å²) in [6, 6.07) is 87.9. The van der Waals surface area contributed by atoms with E-state index in [9.17, 15) is 0 Å². The van der Waals surface area contributed by atoms with Crippen molar-refractivity contribution in [3.8, 4) is 0 Å². The van der Waals surface area contributed by atoms with E-state index < -0.39 is 0 Å². The summed E-state index contributed by atoms with van der Waals surface area (Å²) in [6.45, 7) is 0. The predicted octanol–water partition coefficient (Wildman–Crippen LogP) is 16.9. The summed E-state index contributed by atoms with van der Waals surface area (Å²) in [4.78, 5) is 0. The molecule has 11 aromatic carbocycles. The molecule has 0 nitrogen and oxygen atoms in total. The minimum atomic E-state index is 1.31. The van der Waals surface area contributed by atoms with Gasteiger partial charge in [0.1, 0.15) is 0 Å². The highest BCUT2D eigenvalue weighted by Crippen LogP contribution is 2.31. The number of fused-ring (bicyclic) bond motifs is 3. The topological polar surface area (TPSA) is 0 Å². The van der Waals surface area contributed by atoms with E-state index in [4.69, 9.17) is 0 Å². The van der Waals surface area contributed by atoms with Gasteiger partial charge < -0.3 is 0 Å². The van der Waals surface area contributed by atoms with Crippen LogP contribution >= 0.6 is 0 Å². The van der Waals surface area contributed by atoms with E-state index >= 15 is 0 Å². The van der Waals surface area contributed by atoms with E-state index in [0.29, 0.717) is 0 Å². The van der Waals surface area contributed by atoms with Gasteiger partial charge in [0.25, 0.3) is 0 Å². The van der Waals surface area contributed by atoms with Crippen LogP contribution in [0.15, 0.2) is 255 Å². The first-order chi connectivity index (χ1) is 29.8. The molecule has 0 aliphatic heterocycles. The monoisotopic (exact) mass is 766 g/mol. The molecule has 2 aliphatic carbocycles. The summed E-state index contributed by atoms with van der Waals surface area (Å²) in [5, 5.41) is 13.4. The van der Waals surface area contributed by atoms with Gasteiger partial charge in [-0.15, -0.1) is 0 Å². The fraction of sp³-hybridized carbons (Fsp3) is 0. The Kier molecular flexibility index (Phi) is 13.1. The van der Waals surface area contributed by atoms with Crippen LogP contribution in [0.4, 0.5) is 0 Å². The van der Waals surface area contributed by atoms with Gasteiger partial charge in [-0.3, -0.25) is 0 Å². The molecule has 0 saturated heterocycles. The van der Waals surface area contributed by atoms with Crippen molar-refractivity contribution in [3.05, 3.63) is 277 Å². The lowest BCUT2D eigenvalue weighted by Gasteiger charge is -1.99. The van der Waals surface area contributed by atoms with Crippen LogP contribution in [0, 0.1) is 0 Å². The average molecular weight is 767 g/mol. The minimum absolute atomic E-state index is 1.31. The second kappa shape index (κ2) is 20.1. The number of benzene rings is 11. The molecule has 0 heteroatoms. The Hall–Kier alpha value is -7.80. The van der Waals surface area contributed by atoms with E-state index in [1.54, 1.807) is 0 Å². The highest BCUT2D eigenvalue weighted by atomic mass is 14.1. The third kappa shape index (κ3) is 10.0. The molecule has 11 aromatic rings. The molecule has 2 aliphatic rings. The van der Waals surface area contributed by atoms with Crippen molar-refractivity contribution in [2.45, 2.75) is 0 Å². The fourth-order valence-corrected chi connectivity index (χ4v) is 7.50. The highest BCUT2D eigenvalue weighted by Gasteiger charge is 2.07. The maximum Gasteiger partial charge on any atom is -0.00389 e. The van der Waals surface area contributed by atoms with Crippen LogP contribution in [0.1, 0.15) is 22.3 Å². The smallest absolute Gasteiger partial charge is 0.00389 e. The van der Waals surface area contributed by atoms with Crippen LogP contribution in [-0.2, 0) is 0 Å². The molecule has 0 heterocycles. The van der Waals surface area contributed by atoms with Crippen molar-refractivity contribution in [1.82, 2.24) is 0 Å². The maximum atomic E-state index is 2.18. The third-order valence-electron chi connectivity index (χ3n) is 10.5. The first-order valence-corrected chi connectivity index (χ1v) is 20.5. The molecule has 0 unspecified atom stereocenters. The molecule has 13 rings (SSSR count). The van der Waals surface area contributed by atoms with Crippen molar-refractivity contribution in [3.63, 3.8) is 0 Å². The average Bonchev–Trinajstić information content (AvgIpc) is 3.97. The second-order valence-electron chi connectivity index (χ2n) is 14.4. The molecule has 0 radical (unpaired) electrons. The highest BCUT2D eigenvalue weighted by molar-refractivity contribution is 6.05. The van der Waals surface area contributed by atoms with Crippen molar-refractivity contribution in [1.29, 1.82) is 0 Å². The van der Waals surface area contributed by atoms with E-state index in [2.05, 4.69) is 243 Å². The Bertz CT molecular complexity index is 2580. The molecule has 286 valence electrons. The van der Waals surface area contributed by atoms with Gasteiger partial charge in [0.15, 0.2) is 0 Å². The van der Waals surface area contributed by atoms with E-state index in [0.717, 1.165) is 0 Å². The van der Waals surface area contributed by atoms with Gasteiger partial charge in [0, 0.05) is 0 Å². The molecule has 0 fully saturated rings. The van der Waals surface area contributed by atoms with Crippen LogP contribution in [0.2, 0.25) is 0 Å². The van der Waals surface area contributed by atoms with Crippen LogP contribution < -0.4 is 0 Å². The molecular weight excluding hydrogens is 721 g/mol. The third-order valence-corrected chi connectivity index (χ3v) is 10.5. The lowest BCUT2D eigenvalue weighted by molar-refractivity contribution is 1.72. The Morgan fingerprint density at radius 3 is 0.483 bits per heavy atom. The summed E-state index contributed by atoms with van der Waals surface area (Å²) in [5.41, 5.74) is 5.40. The minimum Gasteiger partial charge on any atom is -0.0623 e. The molecule has 0 atom stereocenters. The van der Waals surface area contributed by atoms with Gasteiger partial charge in [-0.25, -0.2) is 0 Å². The number of hydrogen-bond acceptors (Lipinski definition) is 0. The van der Waals surface area contributed by atoms with E-state index in [1.165, 1.54) is 76.1 Å².